The Labute approximate surface area is 139 Å². The summed E-state index contributed by atoms with van der Waals surface area (Å²) in [7, 11) is 0. The number of fused-ring (bicyclic) bond motifs is 1. The zero-order valence-electron chi connectivity index (χ0n) is 11.2. The molecule has 0 unspecified atom stereocenters. The van der Waals surface area contributed by atoms with Crippen LogP contribution in [0.1, 0.15) is 30.5 Å². The van der Waals surface area contributed by atoms with Crippen molar-refractivity contribution in [3.05, 3.63) is 77.4 Å². The minimum atomic E-state index is 0. The molecule has 2 aromatic rings. The Morgan fingerprint density at radius 1 is 0.895 bits per heavy atom. The fourth-order valence-corrected chi connectivity index (χ4v) is 2.39. The molecule has 1 heterocycles. The SMILES string of the molecule is CC1=C(c2ccccc2)O[C-](C)c2ccccc21.[Y+3]. The number of ether oxygens (including phenoxy) is 1. The topological polar surface area (TPSA) is 9.23 Å². The molecular weight excluding hydrogens is 309 g/mol. The van der Waals surface area contributed by atoms with Crippen molar-refractivity contribution in [3.8, 4) is 0 Å². The van der Waals surface area contributed by atoms with Gasteiger partial charge in [-0.1, -0.05) is 48.9 Å². The maximum absolute atomic E-state index is 6.01. The van der Waals surface area contributed by atoms with Crippen LogP contribution in [0.4, 0.5) is 0 Å². The van der Waals surface area contributed by atoms with Crippen molar-refractivity contribution < 1.29 is 37.4 Å². The monoisotopic (exact) mass is 324 g/mol. The largest absolute Gasteiger partial charge is 3.00 e. The molecule has 2 heteroatoms. The van der Waals surface area contributed by atoms with Gasteiger partial charge in [0.15, 0.2) is 0 Å². The van der Waals surface area contributed by atoms with Gasteiger partial charge in [0.25, 0.3) is 0 Å². The third-order valence-electron chi connectivity index (χ3n) is 3.34. The van der Waals surface area contributed by atoms with Gasteiger partial charge in [-0.05, 0) is 13.0 Å². The predicted molar refractivity (Wildman–Crippen MR) is 74.5 cm³/mol. The number of hydrogen-bond donors (Lipinski definition) is 0. The Kier molecular flexibility index (Phi) is 4.49. The van der Waals surface area contributed by atoms with Crippen LogP contribution in [0.15, 0.2) is 54.6 Å². The fourth-order valence-electron chi connectivity index (χ4n) is 2.39. The summed E-state index contributed by atoms with van der Waals surface area (Å²) in [5.41, 5.74) is 4.78. The Morgan fingerprint density at radius 2 is 1.53 bits per heavy atom. The first-order valence-electron chi connectivity index (χ1n) is 6.15. The molecule has 3 rings (SSSR count). The van der Waals surface area contributed by atoms with Gasteiger partial charge < -0.3 is 4.74 Å². The minimum absolute atomic E-state index is 0. The van der Waals surface area contributed by atoms with Gasteiger partial charge in [0.05, 0.1) is 0 Å². The molecule has 0 aromatic heterocycles. The molecule has 0 radical (unpaired) electrons. The molecule has 2 aromatic carbocycles. The molecule has 0 saturated carbocycles. The first-order valence-corrected chi connectivity index (χ1v) is 6.15. The van der Waals surface area contributed by atoms with E-state index >= 15 is 0 Å². The van der Waals surface area contributed by atoms with E-state index in [2.05, 4.69) is 37.3 Å². The smallest absolute Gasteiger partial charge is 0.521 e. The van der Waals surface area contributed by atoms with Crippen LogP contribution in [0, 0.1) is 6.10 Å². The molecule has 0 fully saturated rings. The molecule has 0 N–H and O–H groups in total. The summed E-state index contributed by atoms with van der Waals surface area (Å²) in [6, 6.07) is 18.6. The predicted octanol–water partition coefficient (Wildman–Crippen LogP) is 4.50. The molecule has 0 amide bonds. The van der Waals surface area contributed by atoms with Crippen molar-refractivity contribution in [2.75, 3.05) is 0 Å². The van der Waals surface area contributed by atoms with Crippen molar-refractivity contribution >= 4 is 11.3 Å². The van der Waals surface area contributed by atoms with Crippen molar-refractivity contribution in [1.82, 2.24) is 0 Å². The Morgan fingerprint density at radius 3 is 2.26 bits per heavy atom. The van der Waals surface area contributed by atoms with Gasteiger partial charge in [-0.3, -0.25) is 0 Å². The van der Waals surface area contributed by atoms with Crippen LogP contribution in [0.5, 0.6) is 0 Å². The zero-order valence-corrected chi connectivity index (χ0v) is 14.0. The summed E-state index contributed by atoms with van der Waals surface area (Å²) in [5.74, 6) is 0.965. The molecule has 1 aliphatic heterocycles. The van der Waals surface area contributed by atoms with E-state index in [0.29, 0.717) is 0 Å². The van der Waals surface area contributed by atoms with Crippen LogP contribution in [0.3, 0.4) is 0 Å². The second-order valence-corrected chi connectivity index (χ2v) is 4.52. The summed E-state index contributed by atoms with van der Waals surface area (Å²) < 4.78 is 6.01. The fraction of sp³-hybridized carbons (Fsp3) is 0.118. The van der Waals surface area contributed by atoms with Crippen LogP contribution in [-0.2, 0) is 37.4 Å². The quantitative estimate of drug-likeness (QED) is 0.702. The van der Waals surface area contributed by atoms with Gasteiger partial charge in [0.2, 0.25) is 0 Å². The second kappa shape index (κ2) is 5.94. The summed E-state index contributed by atoms with van der Waals surface area (Å²) in [6.07, 6.45) is 0.968. The maximum Gasteiger partial charge on any atom is 3.00 e. The summed E-state index contributed by atoms with van der Waals surface area (Å²) >= 11 is 0. The van der Waals surface area contributed by atoms with E-state index in [0.717, 1.165) is 17.4 Å². The third-order valence-corrected chi connectivity index (χ3v) is 3.34. The minimum Gasteiger partial charge on any atom is -0.521 e. The number of hydrogen-bond acceptors (Lipinski definition) is 1. The number of rotatable bonds is 1. The first kappa shape index (κ1) is 14.4. The maximum atomic E-state index is 6.01. The average molecular weight is 324 g/mol. The molecule has 90 valence electrons. The van der Waals surface area contributed by atoms with Crippen LogP contribution in [0.2, 0.25) is 0 Å². The van der Waals surface area contributed by atoms with Crippen LogP contribution >= 0.6 is 0 Å². The third kappa shape index (κ3) is 2.63. The van der Waals surface area contributed by atoms with Crippen molar-refractivity contribution in [1.29, 1.82) is 0 Å². The first-order chi connectivity index (χ1) is 8.77. The molecule has 0 aliphatic carbocycles. The standard InChI is InChI=1S/C17H15O.Y/c1-12-15-10-6-7-11-16(15)13(2)18-17(12)14-8-4-3-5-9-14;/h3-11H,1-2H3;/q-1;+3. The van der Waals surface area contributed by atoms with Gasteiger partial charge in [0.1, 0.15) is 5.76 Å². The van der Waals surface area contributed by atoms with E-state index in [9.17, 15) is 0 Å². The molecule has 1 aliphatic rings. The van der Waals surface area contributed by atoms with E-state index in [1.165, 1.54) is 16.7 Å². The van der Waals surface area contributed by atoms with E-state index in [-0.39, 0.29) is 32.7 Å². The Balaban J connectivity index is 0.00000133. The van der Waals surface area contributed by atoms with Crippen LogP contribution < -0.4 is 0 Å². The molecule has 19 heavy (non-hydrogen) atoms. The summed E-state index contributed by atoms with van der Waals surface area (Å²) in [5, 5.41) is 0. The van der Waals surface area contributed by atoms with Gasteiger partial charge in [0, 0.05) is 5.56 Å². The molecular formula is C17H15OY+2. The van der Waals surface area contributed by atoms with E-state index in [1.807, 2.05) is 31.2 Å². The molecule has 0 bridgehead atoms. The van der Waals surface area contributed by atoms with Gasteiger partial charge in [-0.2, -0.15) is 6.07 Å². The van der Waals surface area contributed by atoms with Crippen LogP contribution in [0.25, 0.3) is 11.3 Å². The van der Waals surface area contributed by atoms with Crippen LogP contribution in [-0.4, -0.2) is 0 Å². The summed E-state index contributed by atoms with van der Waals surface area (Å²) in [4.78, 5) is 0. The van der Waals surface area contributed by atoms with E-state index < -0.39 is 0 Å². The van der Waals surface area contributed by atoms with Gasteiger partial charge in [-0.15, -0.1) is 23.3 Å². The van der Waals surface area contributed by atoms with Crippen molar-refractivity contribution in [3.63, 3.8) is 0 Å². The van der Waals surface area contributed by atoms with E-state index in [4.69, 9.17) is 4.74 Å². The molecule has 0 spiro atoms. The molecule has 0 saturated heterocycles. The zero-order chi connectivity index (χ0) is 12.5. The van der Waals surface area contributed by atoms with Gasteiger partial charge in [-0.25, -0.2) is 0 Å². The normalized spacial score (nSPS) is 13.5. The van der Waals surface area contributed by atoms with Crippen molar-refractivity contribution in [2.24, 2.45) is 0 Å². The molecule has 0 atom stereocenters. The number of allylic oxidation sites excluding steroid dienone is 1. The Hall–Kier alpha value is -1.05. The van der Waals surface area contributed by atoms with Crippen molar-refractivity contribution in [2.45, 2.75) is 13.8 Å². The number of benzene rings is 2. The second-order valence-electron chi connectivity index (χ2n) is 4.52. The molecule has 1 nitrogen and oxygen atoms in total. The summed E-state index contributed by atoms with van der Waals surface area (Å²) in [6.45, 7) is 4.14. The Bertz CT molecular complexity index is 602. The van der Waals surface area contributed by atoms with Gasteiger partial charge >= 0.3 is 32.7 Å². The average Bonchev–Trinajstić information content (AvgIpc) is 2.44. The van der Waals surface area contributed by atoms with E-state index in [1.54, 1.807) is 0 Å².